The third-order valence-electron chi connectivity index (χ3n) is 4.24. The van der Waals surface area contributed by atoms with Crippen molar-refractivity contribution in [1.29, 1.82) is 0 Å². The van der Waals surface area contributed by atoms with Gasteiger partial charge in [0, 0.05) is 36.8 Å². The number of rotatable bonds is 7. The fraction of sp³-hybridized carbons (Fsp3) is 0.227. The quantitative estimate of drug-likeness (QED) is 0.478. The summed E-state index contributed by atoms with van der Waals surface area (Å²) in [4.78, 5) is 28.3. The molecule has 150 valence electrons. The van der Waals surface area contributed by atoms with E-state index in [1.54, 1.807) is 11.5 Å². The molecule has 0 atom stereocenters. The Morgan fingerprint density at radius 3 is 2.41 bits per heavy atom. The van der Waals surface area contributed by atoms with E-state index in [1.165, 1.54) is 11.3 Å². The summed E-state index contributed by atoms with van der Waals surface area (Å²) in [5, 5.41) is 2.87. The van der Waals surface area contributed by atoms with Crippen LogP contribution in [-0.4, -0.2) is 32.6 Å². The number of anilines is 2. The summed E-state index contributed by atoms with van der Waals surface area (Å²) in [5.41, 5.74) is 2.51. The number of pyridine rings is 1. The molecule has 0 saturated heterocycles. The van der Waals surface area contributed by atoms with Gasteiger partial charge in [0.05, 0.1) is 12.3 Å². The molecule has 6 nitrogen and oxygen atoms in total. The maximum atomic E-state index is 12.6. The molecule has 2 heterocycles. The summed E-state index contributed by atoms with van der Waals surface area (Å²) in [5.74, 6) is -0.645. The lowest BCUT2D eigenvalue weighted by molar-refractivity contribution is -0.684. The van der Waals surface area contributed by atoms with Crippen molar-refractivity contribution in [3.05, 3.63) is 65.8 Å². The number of benzene rings is 1. The first-order valence-electron chi connectivity index (χ1n) is 9.30. The first-order chi connectivity index (χ1) is 14.0. The van der Waals surface area contributed by atoms with Crippen molar-refractivity contribution in [2.24, 2.45) is 0 Å². The third kappa shape index (κ3) is 5.20. The van der Waals surface area contributed by atoms with Crippen LogP contribution in [0.2, 0.25) is 0 Å². The normalized spacial score (nSPS) is 10.4. The number of nitrogens with one attached hydrogen (secondary N) is 1. The molecule has 1 amide bonds. The molecular formula is C22H24N3O3S+. The molecule has 0 radical (unpaired) electrons. The second kappa shape index (κ2) is 9.34. The van der Waals surface area contributed by atoms with Crippen LogP contribution in [0.5, 0.6) is 0 Å². The van der Waals surface area contributed by atoms with Crippen LogP contribution in [0.4, 0.5) is 11.4 Å². The molecule has 0 saturated carbocycles. The van der Waals surface area contributed by atoms with Gasteiger partial charge < -0.3 is 15.0 Å². The van der Waals surface area contributed by atoms with Crippen molar-refractivity contribution < 1.29 is 18.9 Å². The fourth-order valence-electron chi connectivity index (χ4n) is 2.79. The molecule has 3 aromatic rings. The van der Waals surface area contributed by atoms with Gasteiger partial charge in [-0.25, -0.2) is 4.79 Å². The lowest BCUT2D eigenvalue weighted by Crippen LogP contribution is -2.39. The molecule has 7 heteroatoms. The average Bonchev–Trinajstić information content (AvgIpc) is 3.13. The number of hydrogen-bond donors (Lipinski definition) is 1. The van der Waals surface area contributed by atoms with E-state index in [-0.39, 0.29) is 19.1 Å². The van der Waals surface area contributed by atoms with Crippen molar-refractivity contribution in [2.75, 3.05) is 30.9 Å². The average molecular weight is 411 g/mol. The molecule has 1 aromatic carbocycles. The maximum Gasteiger partial charge on any atom is 0.350 e. The van der Waals surface area contributed by atoms with Crippen molar-refractivity contribution in [1.82, 2.24) is 0 Å². The number of carbonyl (C=O) groups is 2. The molecule has 0 bridgehead atoms. The Morgan fingerprint density at radius 2 is 1.79 bits per heavy atom. The maximum absolute atomic E-state index is 12.6. The van der Waals surface area contributed by atoms with Crippen LogP contribution in [0, 0.1) is 0 Å². The Balaban J connectivity index is 1.80. The smallest absolute Gasteiger partial charge is 0.350 e. The van der Waals surface area contributed by atoms with E-state index in [1.807, 2.05) is 79.9 Å². The van der Waals surface area contributed by atoms with Gasteiger partial charge in [-0.2, -0.15) is 4.57 Å². The Bertz CT molecular complexity index is 982. The van der Waals surface area contributed by atoms with Crippen LogP contribution in [-0.2, 0) is 16.1 Å². The molecule has 2 aromatic heterocycles. The minimum Gasteiger partial charge on any atom is -0.462 e. The first-order valence-corrected chi connectivity index (χ1v) is 10.1. The third-order valence-corrected chi connectivity index (χ3v) is 5.41. The molecule has 0 unspecified atom stereocenters. The van der Waals surface area contributed by atoms with Crippen LogP contribution in [0.3, 0.4) is 0 Å². The minimum absolute atomic E-state index is 0.145. The van der Waals surface area contributed by atoms with Crippen LogP contribution in [0.15, 0.2) is 60.9 Å². The standard InChI is InChI=1S/C22H23N3O3S/c1-4-28-22(27)21-18(14-19(29-21)16-8-6-5-7-9-16)23-20(26)15-25-12-10-17(11-13-25)24(2)3/h5-14H,4,15H2,1-3H3/p+1. The van der Waals surface area contributed by atoms with E-state index in [9.17, 15) is 9.59 Å². The summed E-state index contributed by atoms with van der Waals surface area (Å²) in [6.07, 6.45) is 3.70. The number of ether oxygens (including phenoxy) is 1. The zero-order valence-electron chi connectivity index (χ0n) is 16.7. The Kier molecular flexibility index (Phi) is 6.61. The number of esters is 1. The van der Waals surface area contributed by atoms with Crippen LogP contribution >= 0.6 is 11.3 Å². The lowest BCUT2D eigenvalue weighted by atomic mass is 10.2. The van der Waals surface area contributed by atoms with Crippen LogP contribution < -0.4 is 14.8 Å². The van der Waals surface area contributed by atoms with Gasteiger partial charge in [0.25, 0.3) is 5.91 Å². The van der Waals surface area contributed by atoms with E-state index >= 15 is 0 Å². The highest BCUT2D eigenvalue weighted by molar-refractivity contribution is 7.18. The second-order valence-corrected chi connectivity index (χ2v) is 7.66. The van der Waals surface area contributed by atoms with E-state index in [4.69, 9.17) is 4.74 Å². The number of aromatic nitrogens is 1. The number of amides is 1. The number of thiophene rings is 1. The fourth-order valence-corrected chi connectivity index (χ4v) is 3.80. The van der Waals surface area contributed by atoms with Gasteiger partial charge in [-0.05, 0) is 18.6 Å². The van der Waals surface area contributed by atoms with Crippen molar-refractivity contribution >= 4 is 34.6 Å². The molecule has 0 aliphatic heterocycles. The molecular weight excluding hydrogens is 386 g/mol. The largest absolute Gasteiger partial charge is 0.462 e. The zero-order chi connectivity index (χ0) is 20.8. The zero-order valence-corrected chi connectivity index (χ0v) is 17.5. The van der Waals surface area contributed by atoms with Crippen LogP contribution in [0.1, 0.15) is 16.6 Å². The highest BCUT2D eigenvalue weighted by Crippen LogP contribution is 2.35. The highest BCUT2D eigenvalue weighted by Gasteiger charge is 2.21. The van der Waals surface area contributed by atoms with Gasteiger partial charge in [0.1, 0.15) is 4.88 Å². The lowest BCUT2D eigenvalue weighted by Gasteiger charge is -2.10. The Morgan fingerprint density at radius 1 is 1.10 bits per heavy atom. The number of nitrogens with zero attached hydrogens (tertiary/aromatic N) is 2. The molecule has 0 aliphatic rings. The van der Waals surface area contributed by atoms with E-state index in [0.717, 1.165) is 16.1 Å². The molecule has 0 fully saturated rings. The topological polar surface area (TPSA) is 62.5 Å². The van der Waals surface area contributed by atoms with E-state index in [0.29, 0.717) is 10.6 Å². The number of carbonyl (C=O) groups excluding carboxylic acids is 2. The summed E-state index contributed by atoms with van der Waals surface area (Å²) in [7, 11) is 3.92. The molecule has 0 spiro atoms. The predicted octanol–water partition coefficient (Wildman–Crippen LogP) is 3.58. The Hall–Kier alpha value is -3.19. The van der Waals surface area contributed by atoms with Gasteiger partial charge >= 0.3 is 5.97 Å². The summed E-state index contributed by atoms with van der Waals surface area (Å²) in [6.45, 7) is 2.18. The van der Waals surface area contributed by atoms with Crippen molar-refractivity contribution in [3.63, 3.8) is 0 Å². The van der Waals surface area contributed by atoms with E-state index in [2.05, 4.69) is 5.32 Å². The number of hydrogen-bond acceptors (Lipinski definition) is 5. The molecule has 3 rings (SSSR count). The molecule has 29 heavy (non-hydrogen) atoms. The van der Waals surface area contributed by atoms with Gasteiger partial charge in [0.2, 0.25) is 6.54 Å². The first kappa shape index (κ1) is 20.5. The van der Waals surface area contributed by atoms with Gasteiger partial charge in [0.15, 0.2) is 12.4 Å². The van der Waals surface area contributed by atoms with Gasteiger partial charge in [-0.15, -0.1) is 11.3 Å². The van der Waals surface area contributed by atoms with E-state index < -0.39 is 5.97 Å². The predicted molar refractivity (Wildman–Crippen MR) is 115 cm³/mol. The molecule has 0 aliphatic carbocycles. The summed E-state index contributed by atoms with van der Waals surface area (Å²) >= 11 is 1.31. The van der Waals surface area contributed by atoms with Gasteiger partial charge in [-0.3, -0.25) is 4.79 Å². The van der Waals surface area contributed by atoms with Crippen LogP contribution in [0.25, 0.3) is 10.4 Å². The monoisotopic (exact) mass is 410 g/mol. The Labute approximate surface area is 174 Å². The van der Waals surface area contributed by atoms with Crippen molar-refractivity contribution in [2.45, 2.75) is 13.5 Å². The SMILES string of the molecule is CCOC(=O)c1sc(-c2ccccc2)cc1NC(=O)C[n+]1ccc(N(C)C)cc1. The minimum atomic E-state index is -0.432. The summed E-state index contributed by atoms with van der Waals surface area (Å²) < 4.78 is 6.95. The van der Waals surface area contributed by atoms with Gasteiger partial charge in [-0.1, -0.05) is 30.3 Å². The second-order valence-electron chi connectivity index (χ2n) is 6.61. The molecule has 1 N–H and O–H groups in total. The van der Waals surface area contributed by atoms with Crippen molar-refractivity contribution in [3.8, 4) is 10.4 Å². The highest BCUT2D eigenvalue weighted by atomic mass is 32.1. The summed E-state index contributed by atoms with van der Waals surface area (Å²) in [6, 6.07) is 15.4.